The van der Waals surface area contributed by atoms with E-state index in [2.05, 4.69) is 4.74 Å². The Morgan fingerprint density at radius 2 is 2.08 bits per heavy atom. The molecule has 0 aromatic rings. The van der Waals surface area contributed by atoms with Gasteiger partial charge in [0.15, 0.2) is 0 Å². The lowest BCUT2D eigenvalue weighted by Crippen LogP contribution is -2.51. The highest BCUT2D eigenvalue weighted by Gasteiger charge is 2.57. The summed E-state index contributed by atoms with van der Waals surface area (Å²) in [5, 5.41) is 8.81. The van der Waals surface area contributed by atoms with Crippen LogP contribution in [0.1, 0.15) is 12.8 Å². The molecule has 0 aliphatic carbocycles. The van der Waals surface area contributed by atoms with Crippen molar-refractivity contribution in [3.8, 4) is 0 Å². The van der Waals surface area contributed by atoms with Gasteiger partial charge in [0.1, 0.15) is 5.78 Å². The average Bonchev–Trinajstić information content (AvgIpc) is 1.83. The molecule has 1 rings (SSSR count). The van der Waals surface area contributed by atoms with Crippen LogP contribution in [-0.2, 0) is 9.53 Å². The van der Waals surface area contributed by atoms with Gasteiger partial charge in [-0.05, 0) is 0 Å². The standard InChI is InChI=1S/C6H7F3O3/c7-6(8,9)5(11)3-4(10)1-2-12-5/h11H,1-3H2. The Morgan fingerprint density at radius 3 is 2.42 bits per heavy atom. The number of alkyl halides is 3. The molecule has 12 heavy (non-hydrogen) atoms. The number of aliphatic hydroxyl groups is 1. The van der Waals surface area contributed by atoms with E-state index in [0.717, 1.165) is 0 Å². The molecule has 0 aromatic carbocycles. The van der Waals surface area contributed by atoms with Gasteiger partial charge in [0.25, 0.3) is 5.79 Å². The summed E-state index contributed by atoms with van der Waals surface area (Å²) < 4.78 is 40.0. The second-order valence-corrected chi connectivity index (χ2v) is 2.60. The van der Waals surface area contributed by atoms with E-state index in [1.165, 1.54) is 0 Å². The second-order valence-electron chi connectivity index (χ2n) is 2.60. The number of halogens is 3. The highest BCUT2D eigenvalue weighted by molar-refractivity contribution is 5.80. The number of ether oxygens (including phenoxy) is 1. The minimum Gasteiger partial charge on any atom is -0.358 e. The van der Waals surface area contributed by atoms with Gasteiger partial charge in [0.2, 0.25) is 0 Å². The summed E-state index contributed by atoms with van der Waals surface area (Å²) >= 11 is 0. The van der Waals surface area contributed by atoms with Crippen LogP contribution in [0.2, 0.25) is 0 Å². The first-order valence-corrected chi connectivity index (χ1v) is 3.30. The van der Waals surface area contributed by atoms with Crippen LogP contribution in [0.4, 0.5) is 13.2 Å². The smallest absolute Gasteiger partial charge is 0.358 e. The number of ketones is 1. The highest BCUT2D eigenvalue weighted by Crippen LogP contribution is 2.36. The monoisotopic (exact) mass is 184 g/mol. The fourth-order valence-corrected chi connectivity index (χ4v) is 0.922. The minimum absolute atomic E-state index is 0.0710. The van der Waals surface area contributed by atoms with Crippen molar-refractivity contribution in [1.29, 1.82) is 0 Å². The SMILES string of the molecule is O=C1CCOC(O)(C(F)(F)F)C1. The van der Waals surface area contributed by atoms with Crippen LogP contribution in [0.25, 0.3) is 0 Å². The van der Waals surface area contributed by atoms with Crippen molar-refractivity contribution < 1.29 is 27.8 Å². The van der Waals surface area contributed by atoms with Gasteiger partial charge in [-0.3, -0.25) is 4.79 Å². The highest BCUT2D eigenvalue weighted by atomic mass is 19.4. The van der Waals surface area contributed by atoms with Crippen molar-refractivity contribution in [2.45, 2.75) is 24.8 Å². The Labute approximate surface area is 66.1 Å². The predicted octanol–water partition coefficient (Wildman–Crippen LogP) is 0.617. The zero-order valence-electron chi connectivity index (χ0n) is 6.02. The van der Waals surface area contributed by atoms with Gasteiger partial charge in [-0.25, -0.2) is 0 Å². The first kappa shape index (κ1) is 9.47. The summed E-state index contributed by atoms with van der Waals surface area (Å²) in [6, 6.07) is 0. The third kappa shape index (κ3) is 1.59. The molecular formula is C6H7F3O3. The fourth-order valence-electron chi connectivity index (χ4n) is 0.922. The molecule has 3 nitrogen and oxygen atoms in total. The van der Waals surface area contributed by atoms with Gasteiger partial charge >= 0.3 is 6.18 Å². The third-order valence-corrected chi connectivity index (χ3v) is 1.60. The van der Waals surface area contributed by atoms with E-state index in [1.807, 2.05) is 0 Å². The summed E-state index contributed by atoms with van der Waals surface area (Å²) in [6.45, 7) is -0.380. The molecule has 0 amide bonds. The Balaban J connectivity index is 2.77. The van der Waals surface area contributed by atoms with Crippen LogP contribution in [0.15, 0.2) is 0 Å². The molecule has 1 aliphatic heterocycles. The average molecular weight is 184 g/mol. The molecule has 70 valence electrons. The van der Waals surface area contributed by atoms with Gasteiger partial charge in [0.05, 0.1) is 13.0 Å². The van der Waals surface area contributed by atoms with Crippen molar-refractivity contribution in [3.63, 3.8) is 0 Å². The summed E-state index contributed by atoms with van der Waals surface area (Å²) in [6.07, 6.45) is -5.97. The van der Waals surface area contributed by atoms with Crippen LogP contribution in [0.5, 0.6) is 0 Å². The molecule has 0 spiro atoms. The van der Waals surface area contributed by atoms with Crippen LogP contribution in [0, 0.1) is 0 Å². The molecule has 1 heterocycles. The molecular weight excluding hydrogens is 177 g/mol. The van der Waals surface area contributed by atoms with Gasteiger partial charge in [-0.2, -0.15) is 13.2 Å². The number of carbonyl (C=O) groups is 1. The number of Topliss-reactive ketones (excluding diaryl/α,β-unsaturated/α-hetero) is 1. The molecule has 1 unspecified atom stereocenters. The number of carbonyl (C=O) groups excluding carboxylic acids is 1. The van der Waals surface area contributed by atoms with Crippen molar-refractivity contribution >= 4 is 5.78 Å². The van der Waals surface area contributed by atoms with E-state index in [-0.39, 0.29) is 13.0 Å². The lowest BCUT2D eigenvalue weighted by molar-refractivity contribution is -0.368. The maximum absolute atomic E-state index is 12.0. The van der Waals surface area contributed by atoms with Crippen LogP contribution in [0.3, 0.4) is 0 Å². The summed E-state index contributed by atoms with van der Waals surface area (Å²) in [4.78, 5) is 10.6. The molecule has 1 aliphatic rings. The predicted molar refractivity (Wildman–Crippen MR) is 31.2 cm³/mol. The summed E-state index contributed by atoms with van der Waals surface area (Å²) in [5.74, 6) is -3.90. The van der Waals surface area contributed by atoms with Gasteiger partial charge in [0, 0.05) is 6.42 Å². The van der Waals surface area contributed by atoms with E-state index in [1.54, 1.807) is 0 Å². The molecule has 0 aromatic heterocycles. The second kappa shape index (κ2) is 2.70. The number of rotatable bonds is 0. The number of hydrogen-bond acceptors (Lipinski definition) is 3. The van der Waals surface area contributed by atoms with Crippen molar-refractivity contribution in [3.05, 3.63) is 0 Å². The minimum atomic E-state index is -4.90. The van der Waals surface area contributed by atoms with E-state index < -0.39 is 24.2 Å². The van der Waals surface area contributed by atoms with Gasteiger partial charge in [-0.1, -0.05) is 0 Å². The Hall–Kier alpha value is -0.620. The molecule has 1 atom stereocenters. The zero-order valence-corrected chi connectivity index (χ0v) is 6.02. The van der Waals surface area contributed by atoms with E-state index in [9.17, 15) is 18.0 Å². The van der Waals surface area contributed by atoms with Crippen LogP contribution < -0.4 is 0 Å². The topological polar surface area (TPSA) is 46.5 Å². The first-order valence-electron chi connectivity index (χ1n) is 3.30. The molecule has 1 N–H and O–H groups in total. The van der Waals surface area contributed by atoms with Gasteiger partial charge in [-0.15, -0.1) is 0 Å². The Morgan fingerprint density at radius 1 is 1.50 bits per heavy atom. The molecule has 0 radical (unpaired) electrons. The fraction of sp³-hybridized carbons (Fsp3) is 0.833. The molecule has 0 saturated carbocycles. The summed E-state index contributed by atoms with van der Waals surface area (Å²) in [5.41, 5.74) is 0. The van der Waals surface area contributed by atoms with Crippen LogP contribution >= 0.6 is 0 Å². The normalized spacial score (nSPS) is 32.2. The molecule has 1 saturated heterocycles. The Bertz CT molecular complexity index is 201. The molecule has 6 heteroatoms. The summed E-state index contributed by atoms with van der Waals surface area (Å²) in [7, 11) is 0. The van der Waals surface area contributed by atoms with Gasteiger partial charge < -0.3 is 9.84 Å². The largest absolute Gasteiger partial charge is 0.443 e. The van der Waals surface area contributed by atoms with Crippen LogP contribution in [-0.4, -0.2) is 29.5 Å². The molecule has 0 bridgehead atoms. The third-order valence-electron chi connectivity index (χ3n) is 1.60. The maximum atomic E-state index is 12.0. The quantitative estimate of drug-likeness (QED) is 0.600. The lowest BCUT2D eigenvalue weighted by atomic mass is 10.0. The van der Waals surface area contributed by atoms with Crippen molar-refractivity contribution in [2.75, 3.05) is 6.61 Å². The lowest BCUT2D eigenvalue weighted by Gasteiger charge is -2.32. The van der Waals surface area contributed by atoms with E-state index in [4.69, 9.17) is 5.11 Å². The van der Waals surface area contributed by atoms with Crippen molar-refractivity contribution in [2.24, 2.45) is 0 Å². The zero-order chi connectivity index (χ0) is 9.41. The van der Waals surface area contributed by atoms with E-state index >= 15 is 0 Å². The molecule has 1 fully saturated rings. The number of hydrogen-bond donors (Lipinski definition) is 1. The maximum Gasteiger partial charge on any atom is 0.443 e. The first-order chi connectivity index (χ1) is 5.35. The van der Waals surface area contributed by atoms with Crippen molar-refractivity contribution in [1.82, 2.24) is 0 Å². The Kier molecular flexibility index (Phi) is 2.13. The van der Waals surface area contributed by atoms with E-state index in [0.29, 0.717) is 0 Å².